The lowest BCUT2D eigenvalue weighted by atomic mass is 10.1. The number of hydrogen-bond donors (Lipinski definition) is 3. The van der Waals surface area contributed by atoms with E-state index in [0.29, 0.717) is 16.3 Å². The predicted molar refractivity (Wildman–Crippen MR) is 133 cm³/mol. The molecule has 170 valence electrons. The highest BCUT2D eigenvalue weighted by molar-refractivity contribution is 7.07. The molecule has 0 fully saturated rings. The summed E-state index contributed by atoms with van der Waals surface area (Å²) in [5, 5.41) is 37.1. The number of rotatable bonds is 4. The van der Waals surface area contributed by atoms with Crippen LogP contribution in [0.1, 0.15) is 16.7 Å². The van der Waals surface area contributed by atoms with Gasteiger partial charge in [-0.3, -0.25) is 0 Å². The van der Waals surface area contributed by atoms with Gasteiger partial charge in [-0.1, -0.05) is 36.4 Å². The SMILES string of the molecule is Cc1cccc(C)c1N=c1scc(-c2cc3ccccc3o2)n1N=Cc1ccc(O)c(O)c1O. The predicted octanol–water partition coefficient (Wildman–Crippen LogP) is 5.81. The van der Waals surface area contributed by atoms with Gasteiger partial charge in [0.2, 0.25) is 10.6 Å². The monoisotopic (exact) mass is 471 g/mol. The Morgan fingerprint density at radius 3 is 2.44 bits per heavy atom. The first-order valence-corrected chi connectivity index (χ1v) is 11.4. The second-order valence-corrected chi connectivity index (χ2v) is 8.67. The number of para-hydroxylation sites is 2. The molecule has 7 nitrogen and oxygen atoms in total. The molecule has 0 amide bonds. The average Bonchev–Trinajstić information content (AvgIpc) is 3.43. The van der Waals surface area contributed by atoms with Gasteiger partial charge in [0.15, 0.2) is 17.3 Å². The molecule has 0 aliphatic heterocycles. The van der Waals surface area contributed by atoms with Crippen molar-refractivity contribution >= 4 is 34.2 Å². The molecule has 0 saturated carbocycles. The summed E-state index contributed by atoms with van der Waals surface area (Å²) >= 11 is 1.41. The molecule has 34 heavy (non-hydrogen) atoms. The van der Waals surface area contributed by atoms with Crippen molar-refractivity contribution in [3.63, 3.8) is 0 Å². The van der Waals surface area contributed by atoms with E-state index in [9.17, 15) is 15.3 Å². The van der Waals surface area contributed by atoms with Gasteiger partial charge in [-0.25, -0.2) is 9.67 Å². The minimum absolute atomic E-state index is 0.238. The summed E-state index contributed by atoms with van der Waals surface area (Å²) in [5.74, 6) is -0.850. The van der Waals surface area contributed by atoms with Crippen LogP contribution in [0.25, 0.3) is 22.4 Å². The minimum atomic E-state index is -0.600. The van der Waals surface area contributed by atoms with Crippen molar-refractivity contribution in [1.82, 2.24) is 4.68 Å². The van der Waals surface area contributed by atoms with Crippen molar-refractivity contribution in [2.45, 2.75) is 13.8 Å². The molecular weight excluding hydrogens is 450 g/mol. The van der Waals surface area contributed by atoms with Gasteiger partial charge in [-0.2, -0.15) is 5.10 Å². The van der Waals surface area contributed by atoms with Crippen LogP contribution in [0.2, 0.25) is 0 Å². The first-order valence-electron chi connectivity index (χ1n) is 10.5. The van der Waals surface area contributed by atoms with Crippen LogP contribution in [-0.2, 0) is 0 Å². The number of nitrogens with zero attached hydrogens (tertiary/aromatic N) is 3. The molecule has 0 atom stereocenters. The van der Waals surface area contributed by atoms with E-state index in [-0.39, 0.29) is 5.56 Å². The van der Waals surface area contributed by atoms with Crippen molar-refractivity contribution in [3.8, 4) is 28.7 Å². The molecule has 5 rings (SSSR count). The molecule has 2 heterocycles. The van der Waals surface area contributed by atoms with Crippen LogP contribution in [0.3, 0.4) is 0 Å². The number of hydrogen-bond acceptors (Lipinski definition) is 7. The Morgan fingerprint density at radius 2 is 1.68 bits per heavy atom. The third-order valence-electron chi connectivity index (χ3n) is 5.48. The Morgan fingerprint density at radius 1 is 0.912 bits per heavy atom. The highest BCUT2D eigenvalue weighted by Gasteiger charge is 2.14. The van der Waals surface area contributed by atoms with Gasteiger partial charge in [0.05, 0.1) is 11.9 Å². The number of thiazole rings is 1. The van der Waals surface area contributed by atoms with Crippen LogP contribution < -0.4 is 4.80 Å². The number of furan rings is 1. The van der Waals surface area contributed by atoms with Crippen LogP contribution >= 0.6 is 11.3 Å². The topological polar surface area (TPSA) is 103 Å². The highest BCUT2D eigenvalue weighted by atomic mass is 32.1. The number of aromatic nitrogens is 1. The summed E-state index contributed by atoms with van der Waals surface area (Å²) in [6, 6.07) is 18.4. The first-order chi connectivity index (χ1) is 16.4. The number of benzene rings is 3. The molecule has 0 aliphatic carbocycles. The zero-order valence-corrected chi connectivity index (χ0v) is 19.2. The molecule has 0 saturated heterocycles. The lowest BCUT2D eigenvalue weighted by Gasteiger charge is -2.05. The van der Waals surface area contributed by atoms with Gasteiger partial charge in [-0.15, -0.1) is 11.3 Å². The van der Waals surface area contributed by atoms with Gasteiger partial charge in [0.25, 0.3) is 0 Å². The van der Waals surface area contributed by atoms with E-state index < -0.39 is 17.2 Å². The second kappa shape index (κ2) is 8.57. The minimum Gasteiger partial charge on any atom is -0.504 e. The molecule has 8 heteroatoms. The maximum Gasteiger partial charge on any atom is 0.211 e. The molecule has 3 N–H and O–H groups in total. The summed E-state index contributed by atoms with van der Waals surface area (Å²) in [7, 11) is 0. The maximum atomic E-state index is 10.2. The zero-order chi connectivity index (χ0) is 23.8. The summed E-state index contributed by atoms with van der Waals surface area (Å²) in [4.78, 5) is 5.48. The van der Waals surface area contributed by atoms with Gasteiger partial charge in [0, 0.05) is 16.3 Å². The molecular formula is C26H21N3O4S. The number of aryl methyl sites for hydroxylation is 2. The van der Waals surface area contributed by atoms with E-state index in [0.717, 1.165) is 27.8 Å². The highest BCUT2D eigenvalue weighted by Crippen LogP contribution is 2.36. The van der Waals surface area contributed by atoms with Crippen molar-refractivity contribution in [1.29, 1.82) is 0 Å². The zero-order valence-electron chi connectivity index (χ0n) is 18.4. The van der Waals surface area contributed by atoms with E-state index in [2.05, 4.69) is 5.10 Å². The van der Waals surface area contributed by atoms with E-state index in [4.69, 9.17) is 9.41 Å². The fraction of sp³-hybridized carbons (Fsp3) is 0.0769. The third kappa shape index (κ3) is 3.84. The summed E-state index contributed by atoms with van der Waals surface area (Å²) in [6.07, 6.45) is 1.40. The van der Waals surface area contributed by atoms with Gasteiger partial charge in [-0.05, 0) is 49.2 Å². The van der Waals surface area contributed by atoms with Crippen molar-refractivity contribution < 1.29 is 19.7 Å². The molecule has 5 aromatic rings. The quantitative estimate of drug-likeness (QED) is 0.227. The Labute approximate surface area is 198 Å². The fourth-order valence-electron chi connectivity index (χ4n) is 3.65. The number of phenolic OH excluding ortho intramolecular Hbond substituents is 3. The molecule has 3 aromatic carbocycles. The Balaban J connectivity index is 1.71. The summed E-state index contributed by atoms with van der Waals surface area (Å²) in [6.45, 7) is 4.01. The van der Waals surface area contributed by atoms with E-state index in [1.54, 1.807) is 4.68 Å². The fourth-order valence-corrected chi connectivity index (χ4v) is 4.48. The van der Waals surface area contributed by atoms with E-state index in [1.807, 2.05) is 67.8 Å². The normalized spacial score (nSPS) is 12.2. The van der Waals surface area contributed by atoms with E-state index in [1.165, 1.54) is 29.7 Å². The Hall–Kier alpha value is -4.30. The number of phenols is 3. The standard InChI is InChI=1S/C26H21N3O4S/c1-15-6-5-7-16(2)23(15)28-26-29(27-13-18-10-11-20(30)25(32)24(18)31)19(14-34-26)22-12-17-8-3-4-9-21(17)33-22/h3-14,30-32H,1-2H3. The molecule has 2 aromatic heterocycles. The maximum absolute atomic E-state index is 10.2. The van der Waals surface area contributed by atoms with Gasteiger partial charge >= 0.3 is 0 Å². The molecule has 0 radical (unpaired) electrons. The average molecular weight is 472 g/mol. The van der Waals surface area contributed by atoms with Crippen LogP contribution in [0.5, 0.6) is 17.2 Å². The van der Waals surface area contributed by atoms with Crippen LogP contribution in [0.15, 0.2) is 80.6 Å². The van der Waals surface area contributed by atoms with Crippen molar-refractivity contribution in [2.24, 2.45) is 10.1 Å². The summed E-state index contributed by atoms with van der Waals surface area (Å²) in [5.41, 5.74) is 4.61. The van der Waals surface area contributed by atoms with Crippen LogP contribution in [0, 0.1) is 13.8 Å². The lowest BCUT2D eigenvalue weighted by Crippen LogP contribution is -2.11. The van der Waals surface area contributed by atoms with Gasteiger partial charge < -0.3 is 19.7 Å². The third-order valence-corrected chi connectivity index (χ3v) is 6.30. The smallest absolute Gasteiger partial charge is 0.211 e. The Bertz CT molecular complexity index is 1570. The Kier molecular flexibility index (Phi) is 5.43. The number of aromatic hydroxyl groups is 3. The largest absolute Gasteiger partial charge is 0.504 e. The number of fused-ring (bicyclic) bond motifs is 1. The summed E-state index contributed by atoms with van der Waals surface area (Å²) < 4.78 is 7.70. The second-order valence-electron chi connectivity index (χ2n) is 7.83. The van der Waals surface area contributed by atoms with E-state index >= 15 is 0 Å². The van der Waals surface area contributed by atoms with Crippen molar-refractivity contribution in [3.05, 3.63) is 87.5 Å². The van der Waals surface area contributed by atoms with Crippen LogP contribution in [0.4, 0.5) is 5.69 Å². The van der Waals surface area contributed by atoms with Crippen LogP contribution in [-0.4, -0.2) is 26.2 Å². The molecule has 0 aliphatic rings. The van der Waals surface area contributed by atoms with Crippen molar-refractivity contribution in [2.75, 3.05) is 0 Å². The van der Waals surface area contributed by atoms with Gasteiger partial charge in [0.1, 0.15) is 11.3 Å². The molecule has 0 unspecified atom stereocenters. The molecule has 0 bridgehead atoms. The molecule has 0 spiro atoms. The first kappa shape index (κ1) is 21.5. The lowest BCUT2D eigenvalue weighted by molar-refractivity contribution is 0.367.